The number of unbranched alkanes of at least 4 members (excludes halogenated alkanes) is 3. The lowest BCUT2D eigenvalue weighted by molar-refractivity contribution is -0.116. The van der Waals surface area contributed by atoms with Crippen molar-refractivity contribution >= 4 is 23.1 Å². The maximum atomic E-state index is 12.7. The molecule has 0 spiro atoms. The number of nitrogen functional groups attached to an aromatic ring is 1. The van der Waals surface area contributed by atoms with Crippen molar-refractivity contribution in [1.29, 1.82) is 0 Å². The van der Waals surface area contributed by atoms with Gasteiger partial charge in [0.1, 0.15) is 0 Å². The van der Waals surface area contributed by atoms with E-state index in [0.29, 0.717) is 24.2 Å². The van der Waals surface area contributed by atoms with Crippen molar-refractivity contribution in [2.75, 3.05) is 11.1 Å². The van der Waals surface area contributed by atoms with Crippen molar-refractivity contribution < 1.29 is 9.59 Å². The van der Waals surface area contributed by atoms with Crippen LogP contribution in [0.2, 0.25) is 0 Å². The van der Waals surface area contributed by atoms with Crippen molar-refractivity contribution in [3.8, 4) is 11.1 Å². The van der Waals surface area contributed by atoms with E-state index in [1.165, 1.54) is 0 Å². The fourth-order valence-corrected chi connectivity index (χ4v) is 3.48. The Hall–Kier alpha value is -3.40. The Morgan fingerprint density at radius 3 is 2.10 bits per heavy atom. The van der Waals surface area contributed by atoms with Crippen LogP contribution in [0.5, 0.6) is 0 Å². The quantitative estimate of drug-likeness (QED) is 0.245. The summed E-state index contributed by atoms with van der Waals surface area (Å²) < 4.78 is 0. The lowest BCUT2D eigenvalue weighted by Crippen LogP contribution is -2.12. The van der Waals surface area contributed by atoms with Crippen LogP contribution in [0, 0.1) is 0 Å². The van der Waals surface area contributed by atoms with Crippen molar-refractivity contribution in [3.05, 3.63) is 84.4 Å². The number of hydrogen-bond donors (Lipinski definition) is 2. The Morgan fingerprint density at radius 1 is 0.700 bits per heavy atom. The summed E-state index contributed by atoms with van der Waals surface area (Å²) in [4.78, 5) is 24.8. The number of hydrogen-bond acceptors (Lipinski definition) is 3. The maximum Gasteiger partial charge on any atom is 0.224 e. The van der Waals surface area contributed by atoms with Gasteiger partial charge in [-0.1, -0.05) is 79.6 Å². The zero-order valence-corrected chi connectivity index (χ0v) is 17.1. The predicted molar refractivity (Wildman–Crippen MR) is 123 cm³/mol. The topological polar surface area (TPSA) is 72.2 Å². The molecule has 0 bridgehead atoms. The molecule has 0 aliphatic heterocycles. The first kappa shape index (κ1) is 21.3. The van der Waals surface area contributed by atoms with Gasteiger partial charge in [0, 0.05) is 18.4 Å². The van der Waals surface area contributed by atoms with E-state index in [4.69, 9.17) is 5.73 Å². The Morgan fingerprint density at radius 2 is 1.33 bits per heavy atom. The maximum absolute atomic E-state index is 12.7. The van der Waals surface area contributed by atoms with Crippen LogP contribution in [0.25, 0.3) is 11.1 Å². The Bertz CT molecular complexity index is 983. The van der Waals surface area contributed by atoms with E-state index in [9.17, 15) is 9.59 Å². The molecule has 3 rings (SSSR count). The van der Waals surface area contributed by atoms with E-state index < -0.39 is 0 Å². The summed E-state index contributed by atoms with van der Waals surface area (Å²) in [5.74, 6) is 0.146. The van der Waals surface area contributed by atoms with Gasteiger partial charge in [0.25, 0.3) is 0 Å². The molecule has 3 N–H and O–H groups in total. The third-order valence-corrected chi connectivity index (χ3v) is 5.10. The van der Waals surface area contributed by atoms with Gasteiger partial charge in [-0.15, -0.1) is 0 Å². The van der Waals surface area contributed by atoms with Crippen LogP contribution in [0.3, 0.4) is 0 Å². The van der Waals surface area contributed by atoms with Crippen molar-refractivity contribution in [1.82, 2.24) is 0 Å². The standard InChI is InChI=1S/C26H28N2O2/c27-23-16-10-11-17-24(23)28-26(30)19-7-2-1-6-18-25(29)22-15-9-8-14-21(22)20-12-4-3-5-13-20/h3-5,8-17H,1-2,6-7,18-19,27H2,(H,28,30). The molecule has 0 heterocycles. The number of ketones is 1. The Labute approximate surface area is 178 Å². The molecule has 0 aliphatic rings. The lowest BCUT2D eigenvalue weighted by Gasteiger charge is -2.09. The van der Waals surface area contributed by atoms with E-state index in [0.717, 1.165) is 42.4 Å². The minimum atomic E-state index is -0.0271. The average Bonchev–Trinajstić information content (AvgIpc) is 2.78. The van der Waals surface area contributed by atoms with Gasteiger partial charge >= 0.3 is 0 Å². The van der Waals surface area contributed by atoms with E-state index in [1.54, 1.807) is 12.1 Å². The number of benzene rings is 3. The van der Waals surface area contributed by atoms with Gasteiger partial charge in [0.2, 0.25) is 5.91 Å². The molecule has 1 amide bonds. The first-order valence-electron chi connectivity index (χ1n) is 10.5. The number of carbonyl (C=O) groups is 2. The van der Waals surface area contributed by atoms with Gasteiger partial charge in [-0.3, -0.25) is 9.59 Å². The molecule has 0 aliphatic carbocycles. The highest BCUT2D eigenvalue weighted by atomic mass is 16.1. The van der Waals surface area contributed by atoms with Gasteiger partial charge in [-0.25, -0.2) is 0 Å². The van der Waals surface area contributed by atoms with E-state index in [1.807, 2.05) is 66.7 Å². The van der Waals surface area contributed by atoms with Crippen molar-refractivity contribution in [2.45, 2.75) is 38.5 Å². The fourth-order valence-electron chi connectivity index (χ4n) is 3.48. The van der Waals surface area contributed by atoms with Crippen LogP contribution in [-0.4, -0.2) is 11.7 Å². The van der Waals surface area contributed by atoms with Gasteiger partial charge < -0.3 is 11.1 Å². The summed E-state index contributed by atoms with van der Waals surface area (Å²) in [6.45, 7) is 0. The molecule has 0 radical (unpaired) electrons. The van der Waals surface area contributed by atoms with E-state index in [-0.39, 0.29) is 11.7 Å². The van der Waals surface area contributed by atoms with Crippen molar-refractivity contribution in [2.24, 2.45) is 0 Å². The molecular weight excluding hydrogens is 372 g/mol. The molecule has 0 fully saturated rings. The smallest absolute Gasteiger partial charge is 0.224 e. The summed E-state index contributed by atoms with van der Waals surface area (Å²) in [7, 11) is 0. The van der Waals surface area contributed by atoms with Crippen LogP contribution >= 0.6 is 0 Å². The van der Waals surface area contributed by atoms with Gasteiger partial charge in [-0.2, -0.15) is 0 Å². The second-order valence-electron chi connectivity index (χ2n) is 7.38. The summed E-state index contributed by atoms with van der Waals surface area (Å²) in [5.41, 5.74) is 9.90. The normalized spacial score (nSPS) is 10.5. The zero-order valence-electron chi connectivity index (χ0n) is 17.1. The predicted octanol–water partition coefficient (Wildman–Crippen LogP) is 6.10. The van der Waals surface area contributed by atoms with Crippen LogP contribution in [0.1, 0.15) is 48.9 Å². The summed E-state index contributed by atoms with van der Waals surface area (Å²) in [6, 6.07) is 25.0. The molecular formula is C26H28N2O2. The van der Waals surface area contributed by atoms with Gasteiger partial charge in [0.05, 0.1) is 11.4 Å². The van der Waals surface area contributed by atoms with Crippen LogP contribution in [-0.2, 0) is 4.79 Å². The number of anilines is 2. The SMILES string of the molecule is Nc1ccccc1NC(=O)CCCCCCC(=O)c1ccccc1-c1ccccc1. The number of amides is 1. The van der Waals surface area contributed by atoms with Gasteiger partial charge in [0.15, 0.2) is 5.78 Å². The first-order valence-corrected chi connectivity index (χ1v) is 10.5. The zero-order chi connectivity index (χ0) is 21.2. The molecule has 3 aromatic rings. The first-order chi connectivity index (χ1) is 14.6. The number of carbonyl (C=O) groups excluding carboxylic acids is 2. The largest absolute Gasteiger partial charge is 0.397 e. The molecule has 154 valence electrons. The molecule has 30 heavy (non-hydrogen) atoms. The minimum absolute atomic E-state index is 0.0271. The van der Waals surface area contributed by atoms with Crippen LogP contribution < -0.4 is 11.1 Å². The molecule has 0 saturated heterocycles. The van der Waals surface area contributed by atoms with Crippen LogP contribution in [0.4, 0.5) is 11.4 Å². The van der Waals surface area contributed by atoms with Crippen LogP contribution in [0.15, 0.2) is 78.9 Å². The molecule has 0 unspecified atom stereocenters. The third kappa shape index (κ3) is 6.05. The van der Waals surface area contributed by atoms with Crippen molar-refractivity contribution in [3.63, 3.8) is 0 Å². The molecule has 0 saturated carbocycles. The molecule has 0 atom stereocenters. The number of nitrogens with one attached hydrogen (secondary N) is 1. The number of para-hydroxylation sites is 2. The molecule has 3 aromatic carbocycles. The number of nitrogens with two attached hydrogens (primary N) is 1. The number of rotatable bonds is 10. The summed E-state index contributed by atoms with van der Waals surface area (Å²) in [6.07, 6.45) is 4.46. The third-order valence-electron chi connectivity index (χ3n) is 5.10. The van der Waals surface area contributed by atoms with Gasteiger partial charge in [-0.05, 0) is 36.1 Å². The highest BCUT2D eigenvalue weighted by Crippen LogP contribution is 2.25. The average molecular weight is 401 g/mol. The van der Waals surface area contributed by atoms with E-state index in [2.05, 4.69) is 5.32 Å². The molecule has 0 aromatic heterocycles. The summed E-state index contributed by atoms with van der Waals surface area (Å²) >= 11 is 0. The Balaban J connectivity index is 1.40. The number of Topliss-reactive ketones (excluding diaryl/α,β-unsaturated/α-hetero) is 1. The highest BCUT2D eigenvalue weighted by Gasteiger charge is 2.12. The minimum Gasteiger partial charge on any atom is -0.397 e. The molecule has 4 nitrogen and oxygen atoms in total. The second-order valence-corrected chi connectivity index (χ2v) is 7.38. The lowest BCUT2D eigenvalue weighted by atomic mass is 9.95. The van der Waals surface area contributed by atoms with E-state index >= 15 is 0 Å². The monoisotopic (exact) mass is 400 g/mol. The molecule has 4 heteroatoms. The highest BCUT2D eigenvalue weighted by molar-refractivity contribution is 6.02. The summed E-state index contributed by atoms with van der Waals surface area (Å²) in [5, 5.41) is 2.84. The second kappa shape index (κ2) is 11.0. The fraction of sp³-hybridized carbons (Fsp3) is 0.231. The Kier molecular flexibility index (Phi) is 7.78.